The van der Waals surface area contributed by atoms with Gasteiger partial charge >= 0.3 is 0 Å². The van der Waals surface area contributed by atoms with Gasteiger partial charge in [-0.2, -0.15) is 0 Å². The fourth-order valence-corrected chi connectivity index (χ4v) is 5.66. The SMILES string of the molecule is CCn1c(SCC(=O)NC2(c3ccc4c(c3)OCCO4)CCCC2)nnc1-c1ccc(Cl)cc1. The molecule has 0 radical (unpaired) electrons. The van der Waals surface area contributed by atoms with E-state index >= 15 is 0 Å². The van der Waals surface area contributed by atoms with Gasteiger partial charge in [-0.1, -0.05) is 42.3 Å². The first-order valence-electron chi connectivity index (χ1n) is 11.6. The third-order valence-electron chi connectivity index (χ3n) is 6.40. The van der Waals surface area contributed by atoms with Crippen molar-refractivity contribution in [2.75, 3.05) is 19.0 Å². The summed E-state index contributed by atoms with van der Waals surface area (Å²) in [5, 5.41) is 13.4. The minimum atomic E-state index is -0.375. The predicted molar refractivity (Wildman–Crippen MR) is 133 cm³/mol. The van der Waals surface area contributed by atoms with Crippen molar-refractivity contribution in [3.05, 3.63) is 53.1 Å². The monoisotopic (exact) mass is 498 g/mol. The molecule has 0 atom stereocenters. The first kappa shape index (κ1) is 23.1. The molecular weight excluding hydrogens is 472 g/mol. The number of nitrogens with zero attached hydrogens (tertiary/aromatic N) is 3. The number of ether oxygens (including phenoxy) is 2. The van der Waals surface area contributed by atoms with Gasteiger partial charge in [0.05, 0.1) is 11.3 Å². The number of amides is 1. The molecule has 1 aliphatic heterocycles. The quantitative estimate of drug-likeness (QED) is 0.458. The van der Waals surface area contributed by atoms with Crippen molar-refractivity contribution in [2.24, 2.45) is 0 Å². The molecule has 0 unspecified atom stereocenters. The molecule has 1 fully saturated rings. The smallest absolute Gasteiger partial charge is 0.231 e. The van der Waals surface area contributed by atoms with E-state index in [2.05, 4.69) is 21.6 Å². The van der Waals surface area contributed by atoms with Gasteiger partial charge < -0.3 is 19.4 Å². The highest BCUT2D eigenvalue weighted by Crippen LogP contribution is 2.42. The van der Waals surface area contributed by atoms with Crippen LogP contribution in [0.25, 0.3) is 11.4 Å². The number of aromatic nitrogens is 3. The highest BCUT2D eigenvalue weighted by molar-refractivity contribution is 7.99. The molecule has 1 saturated carbocycles. The first-order valence-corrected chi connectivity index (χ1v) is 13.0. The lowest BCUT2D eigenvalue weighted by Gasteiger charge is -2.32. The first-order chi connectivity index (χ1) is 16.6. The Labute approximate surface area is 208 Å². The van der Waals surface area contributed by atoms with Crippen LogP contribution in [0.3, 0.4) is 0 Å². The van der Waals surface area contributed by atoms with Gasteiger partial charge in [-0.05, 0) is 61.7 Å². The maximum atomic E-state index is 13.1. The minimum Gasteiger partial charge on any atom is -0.486 e. The van der Waals surface area contributed by atoms with E-state index in [9.17, 15) is 4.79 Å². The number of rotatable bonds is 7. The number of halogens is 1. The van der Waals surface area contributed by atoms with Crippen molar-refractivity contribution < 1.29 is 14.3 Å². The van der Waals surface area contributed by atoms with Crippen LogP contribution >= 0.6 is 23.4 Å². The highest BCUT2D eigenvalue weighted by atomic mass is 35.5. The van der Waals surface area contributed by atoms with Crippen LogP contribution in [0.5, 0.6) is 11.5 Å². The molecule has 0 saturated heterocycles. The molecule has 1 aromatic heterocycles. The second-order valence-electron chi connectivity index (χ2n) is 8.54. The van der Waals surface area contributed by atoms with Gasteiger partial charge in [0.1, 0.15) is 13.2 Å². The molecule has 1 amide bonds. The number of hydrogen-bond acceptors (Lipinski definition) is 6. The molecule has 0 bridgehead atoms. The van der Waals surface area contributed by atoms with Crippen molar-refractivity contribution in [1.82, 2.24) is 20.1 Å². The molecule has 7 nitrogen and oxygen atoms in total. The lowest BCUT2D eigenvalue weighted by molar-refractivity contribution is -0.120. The van der Waals surface area contributed by atoms with E-state index in [1.165, 1.54) is 11.8 Å². The van der Waals surface area contributed by atoms with Gasteiger partial charge in [-0.3, -0.25) is 4.79 Å². The van der Waals surface area contributed by atoms with Gasteiger partial charge in [-0.25, -0.2) is 0 Å². The van der Waals surface area contributed by atoms with Crippen molar-refractivity contribution in [3.8, 4) is 22.9 Å². The summed E-state index contributed by atoms with van der Waals surface area (Å²) in [6, 6.07) is 13.6. The van der Waals surface area contributed by atoms with E-state index in [1.807, 2.05) is 47.9 Å². The second-order valence-corrected chi connectivity index (χ2v) is 9.92. The van der Waals surface area contributed by atoms with Crippen LogP contribution in [0, 0.1) is 0 Å². The molecule has 2 aliphatic rings. The number of benzene rings is 2. The average Bonchev–Trinajstić information content (AvgIpc) is 3.50. The number of carbonyl (C=O) groups excluding carboxylic acids is 1. The Balaban J connectivity index is 1.29. The maximum absolute atomic E-state index is 13.1. The average molecular weight is 499 g/mol. The Morgan fingerprint density at radius 1 is 1.09 bits per heavy atom. The van der Waals surface area contributed by atoms with Crippen molar-refractivity contribution >= 4 is 29.3 Å². The Morgan fingerprint density at radius 2 is 1.82 bits per heavy atom. The molecule has 5 rings (SSSR count). The summed E-state index contributed by atoms with van der Waals surface area (Å²) in [5.74, 6) is 2.54. The molecule has 2 aromatic carbocycles. The van der Waals surface area contributed by atoms with E-state index in [0.717, 1.165) is 59.3 Å². The van der Waals surface area contributed by atoms with Crippen LogP contribution in [0.15, 0.2) is 47.6 Å². The number of thioether (sulfide) groups is 1. The third-order valence-corrected chi connectivity index (χ3v) is 7.62. The largest absolute Gasteiger partial charge is 0.486 e. The van der Waals surface area contributed by atoms with Crippen molar-refractivity contribution in [1.29, 1.82) is 0 Å². The lowest BCUT2D eigenvalue weighted by atomic mass is 9.87. The fourth-order valence-electron chi connectivity index (χ4n) is 4.73. The predicted octanol–water partition coefficient (Wildman–Crippen LogP) is 5.07. The Kier molecular flexibility index (Phi) is 6.70. The second kappa shape index (κ2) is 9.88. The standard InChI is InChI=1S/C25H27ClN4O3S/c1-2-30-23(17-5-8-19(26)9-6-17)28-29-24(30)34-16-22(31)27-25(11-3-4-12-25)18-7-10-20-21(15-18)33-14-13-32-20/h5-10,15H,2-4,11-14,16H2,1H3,(H,27,31). The van der Waals surface area contributed by atoms with E-state index in [-0.39, 0.29) is 17.2 Å². The van der Waals surface area contributed by atoms with Crippen LogP contribution in [0.1, 0.15) is 38.2 Å². The van der Waals surface area contributed by atoms with Gasteiger partial charge in [0.15, 0.2) is 22.5 Å². The van der Waals surface area contributed by atoms with Crippen molar-refractivity contribution in [3.63, 3.8) is 0 Å². The third kappa shape index (κ3) is 4.61. The number of fused-ring (bicyclic) bond motifs is 1. The molecule has 1 aliphatic carbocycles. The van der Waals surface area contributed by atoms with E-state index in [1.54, 1.807) is 0 Å². The minimum absolute atomic E-state index is 0.0134. The summed E-state index contributed by atoms with van der Waals surface area (Å²) < 4.78 is 13.5. The summed E-state index contributed by atoms with van der Waals surface area (Å²) in [7, 11) is 0. The molecule has 178 valence electrons. The van der Waals surface area contributed by atoms with Crippen LogP contribution in [-0.2, 0) is 16.9 Å². The zero-order valence-corrected chi connectivity index (χ0v) is 20.6. The van der Waals surface area contributed by atoms with Crippen molar-refractivity contribution in [2.45, 2.75) is 49.8 Å². The summed E-state index contributed by atoms with van der Waals surface area (Å²) in [4.78, 5) is 13.1. The number of nitrogens with one attached hydrogen (secondary N) is 1. The van der Waals surface area contributed by atoms with Gasteiger partial charge in [-0.15, -0.1) is 10.2 Å². The Morgan fingerprint density at radius 3 is 2.56 bits per heavy atom. The molecular formula is C25H27ClN4O3S. The van der Waals surface area contributed by atoms with E-state index in [4.69, 9.17) is 21.1 Å². The molecule has 2 heterocycles. The molecule has 34 heavy (non-hydrogen) atoms. The van der Waals surface area contributed by atoms with E-state index in [0.29, 0.717) is 24.8 Å². The Hall–Kier alpha value is -2.71. The lowest BCUT2D eigenvalue weighted by Crippen LogP contribution is -2.44. The van der Waals surface area contributed by atoms with Gasteiger partial charge in [0.2, 0.25) is 5.91 Å². The zero-order chi connectivity index (χ0) is 23.5. The van der Waals surface area contributed by atoms with Crippen LogP contribution in [0.2, 0.25) is 5.02 Å². The summed E-state index contributed by atoms with van der Waals surface area (Å²) in [5.41, 5.74) is 1.65. The molecule has 9 heteroatoms. The fraction of sp³-hybridized carbons (Fsp3) is 0.400. The van der Waals surface area contributed by atoms with Crippen LogP contribution < -0.4 is 14.8 Å². The van der Waals surface area contributed by atoms with E-state index < -0.39 is 0 Å². The number of hydrogen-bond donors (Lipinski definition) is 1. The zero-order valence-electron chi connectivity index (χ0n) is 19.1. The summed E-state index contributed by atoms with van der Waals surface area (Å²) in [6.07, 6.45) is 3.98. The normalized spacial score (nSPS) is 16.4. The highest BCUT2D eigenvalue weighted by Gasteiger charge is 2.38. The molecule has 3 aromatic rings. The van der Waals surface area contributed by atoms with Gasteiger partial charge in [0.25, 0.3) is 0 Å². The molecule has 1 N–H and O–H groups in total. The van der Waals surface area contributed by atoms with Gasteiger partial charge in [0, 0.05) is 17.1 Å². The summed E-state index contributed by atoms with van der Waals surface area (Å²) in [6.45, 7) is 3.86. The summed E-state index contributed by atoms with van der Waals surface area (Å²) >= 11 is 7.42. The Bertz CT molecular complexity index is 1180. The van der Waals surface area contributed by atoms with Crippen LogP contribution in [-0.4, -0.2) is 39.6 Å². The molecule has 0 spiro atoms. The maximum Gasteiger partial charge on any atom is 0.231 e. The topological polar surface area (TPSA) is 78.3 Å². The number of carbonyl (C=O) groups is 1. The van der Waals surface area contributed by atoms with Crippen LogP contribution in [0.4, 0.5) is 0 Å².